The first-order valence-corrected chi connectivity index (χ1v) is 10.3. The molecule has 3 rings (SSSR count). The van der Waals surface area contributed by atoms with E-state index in [-0.39, 0.29) is 41.7 Å². The van der Waals surface area contributed by atoms with Crippen LogP contribution < -0.4 is 15.4 Å². The van der Waals surface area contributed by atoms with Gasteiger partial charge in [0.15, 0.2) is 5.96 Å². The zero-order valence-corrected chi connectivity index (χ0v) is 21.2. The monoisotopic (exact) mass is 526 g/mol. The number of likely N-dealkylation sites (N-methyl/N-ethyl adjacent to an activating group) is 1. The number of para-hydroxylation sites is 1. The third kappa shape index (κ3) is 6.10. The quantitative estimate of drug-likeness (QED) is 0.343. The highest BCUT2D eigenvalue weighted by Crippen LogP contribution is 2.39. The maximum Gasteiger partial charge on any atom is 0.191 e. The fraction of sp³-hybridized carbons (Fsp3) is 0.545. The van der Waals surface area contributed by atoms with Gasteiger partial charge in [-0.3, -0.25) is 9.67 Å². The molecule has 1 aliphatic heterocycles. The maximum absolute atomic E-state index is 6.16. The van der Waals surface area contributed by atoms with E-state index in [2.05, 4.69) is 73.8 Å². The van der Waals surface area contributed by atoms with Crippen molar-refractivity contribution < 1.29 is 4.74 Å². The molecule has 2 atom stereocenters. The van der Waals surface area contributed by atoms with Crippen LogP contribution in [0.4, 0.5) is 0 Å². The van der Waals surface area contributed by atoms with Crippen molar-refractivity contribution in [1.29, 1.82) is 0 Å². The van der Waals surface area contributed by atoms with Crippen molar-refractivity contribution in [2.45, 2.75) is 44.9 Å². The molecule has 2 N–H and O–H groups in total. The highest BCUT2D eigenvalue weighted by Gasteiger charge is 2.34. The number of nitrogens with one attached hydrogen (secondary N) is 2. The molecule has 0 fully saturated rings. The summed E-state index contributed by atoms with van der Waals surface area (Å²) in [7, 11) is 6.09. The Morgan fingerprint density at radius 2 is 2.10 bits per heavy atom. The second-order valence-electron chi connectivity index (χ2n) is 8.45. The van der Waals surface area contributed by atoms with E-state index in [0.29, 0.717) is 6.54 Å². The molecule has 1 aliphatic rings. The highest BCUT2D eigenvalue weighted by molar-refractivity contribution is 14.0. The number of hydrogen-bond donors (Lipinski definition) is 2. The van der Waals surface area contributed by atoms with Crippen molar-refractivity contribution >= 4 is 29.9 Å². The van der Waals surface area contributed by atoms with Crippen LogP contribution in [0.25, 0.3) is 0 Å². The Bertz CT molecular complexity index is 848. The summed E-state index contributed by atoms with van der Waals surface area (Å²) < 4.78 is 8.00. The molecule has 0 saturated carbocycles. The van der Waals surface area contributed by atoms with Crippen LogP contribution in [0.15, 0.2) is 41.7 Å². The molecule has 30 heavy (non-hydrogen) atoms. The van der Waals surface area contributed by atoms with E-state index in [1.807, 2.05) is 30.1 Å². The SMILES string of the molecule is CCNC(=NCC(c1cnn(C)c1)N(C)C)NC1CC(C)(C)Oc2ccccc21.I. The van der Waals surface area contributed by atoms with Gasteiger partial charge in [-0.2, -0.15) is 5.10 Å². The number of guanidine groups is 1. The van der Waals surface area contributed by atoms with Crippen molar-refractivity contribution in [1.82, 2.24) is 25.3 Å². The topological polar surface area (TPSA) is 66.7 Å². The minimum absolute atomic E-state index is 0. The van der Waals surface area contributed by atoms with Crippen LogP contribution in [0, 0.1) is 0 Å². The first-order valence-electron chi connectivity index (χ1n) is 10.3. The Labute approximate surface area is 197 Å². The highest BCUT2D eigenvalue weighted by atomic mass is 127. The number of rotatable bonds is 6. The van der Waals surface area contributed by atoms with E-state index in [9.17, 15) is 0 Å². The van der Waals surface area contributed by atoms with Gasteiger partial charge in [-0.15, -0.1) is 24.0 Å². The summed E-state index contributed by atoms with van der Waals surface area (Å²) in [6, 6.07) is 8.56. The van der Waals surface area contributed by atoms with Crippen LogP contribution in [-0.2, 0) is 7.05 Å². The molecule has 0 amide bonds. The smallest absolute Gasteiger partial charge is 0.191 e. The molecule has 2 aromatic rings. The molecule has 0 radical (unpaired) electrons. The summed E-state index contributed by atoms with van der Waals surface area (Å²) in [5.74, 6) is 1.76. The number of ether oxygens (including phenoxy) is 1. The summed E-state index contributed by atoms with van der Waals surface area (Å²) in [6.45, 7) is 7.80. The zero-order valence-electron chi connectivity index (χ0n) is 18.8. The molecule has 7 nitrogen and oxygen atoms in total. The summed E-state index contributed by atoms with van der Waals surface area (Å²) in [4.78, 5) is 7.09. The molecule has 2 heterocycles. The summed E-state index contributed by atoms with van der Waals surface area (Å²) >= 11 is 0. The number of fused-ring (bicyclic) bond motifs is 1. The molecule has 0 spiro atoms. The zero-order chi connectivity index (χ0) is 21.0. The average Bonchev–Trinajstić information content (AvgIpc) is 3.06. The van der Waals surface area contributed by atoms with Crippen LogP contribution in [0.1, 0.15) is 50.4 Å². The third-order valence-corrected chi connectivity index (χ3v) is 5.19. The van der Waals surface area contributed by atoms with Gasteiger partial charge in [0.2, 0.25) is 0 Å². The van der Waals surface area contributed by atoms with Gasteiger partial charge < -0.3 is 20.3 Å². The van der Waals surface area contributed by atoms with E-state index < -0.39 is 0 Å². The predicted molar refractivity (Wildman–Crippen MR) is 133 cm³/mol. The van der Waals surface area contributed by atoms with Crippen molar-refractivity contribution in [3.8, 4) is 5.75 Å². The van der Waals surface area contributed by atoms with Gasteiger partial charge in [0, 0.05) is 37.3 Å². The summed E-state index contributed by atoms with van der Waals surface area (Å²) in [6.07, 6.45) is 4.84. The second kappa shape index (κ2) is 10.5. The first-order chi connectivity index (χ1) is 13.8. The Morgan fingerprint density at radius 3 is 2.73 bits per heavy atom. The molecule has 1 aromatic carbocycles. The fourth-order valence-corrected chi connectivity index (χ4v) is 3.77. The number of hydrogen-bond acceptors (Lipinski definition) is 4. The maximum atomic E-state index is 6.16. The van der Waals surface area contributed by atoms with Crippen LogP contribution in [0.2, 0.25) is 0 Å². The van der Waals surface area contributed by atoms with Gasteiger partial charge in [-0.1, -0.05) is 18.2 Å². The normalized spacial score (nSPS) is 18.8. The molecule has 2 unspecified atom stereocenters. The van der Waals surface area contributed by atoms with E-state index in [1.165, 1.54) is 5.56 Å². The van der Waals surface area contributed by atoms with E-state index >= 15 is 0 Å². The van der Waals surface area contributed by atoms with Gasteiger partial charge in [0.25, 0.3) is 0 Å². The van der Waals surface area contributed by atoms with Crippen LogP contribution >= 0.6 is 24.0 Å². The minimum atomic E-state index is -0.231. The van der Waals surface area contributed by atoms with Gasteiger partial charge in [-0.25, -0.2) is 0 Å². The Kier molecular flexibility index (Phi) is 8.54. The van der Waals surface area contributed by atoms with E-state index in [4.69, 9.17) is 9.73 Å². The Balaban J connectivity index is 0.00000320. The molecule has 0 bridgehead atoms. The summed E-state index contributed by atoms with van der Waals surface area (Å²) in [5, 5.41) is 11.4. The number of nitrogens with zero attached hydrogens (tertiary/aromatic N) is 4. The molecule has 0 aliphatic carbocycles. The van der Waals surface area contributed by atoms with Crippen LogP contribution in [-0.4, -0.2) is 53.4 Å². The first kappa shape index (κ1) is 24.5. The average molecular weight is 526 g/mol. The molecular weight excluding hydrogens is 491 g/mol. The number of aryl methyl sites for hydroxylation is 1. The lowest BCUT2D eigenvalue weighted by Crippen LogP contribution is -2.45. The Morgan fingerprint density at radius 1 is 1.37 bits per heavy atom. The van der Waals surface area contributed by atoms with Crippen molar-refractivity contribution in [3.05, 3.63) is 47.8 Å². The van der Waals surface area contributed by atoms with Crippen molar-refractivity contribution in [2.24, 2.45) is 12.0 Å². The van der Waals surface area contributed by atoms with Crippen molar-refractivity contribution in [2.75, 3.05) is 27.2 Å². The number of halogens is 1. The molecule has 1 aromatic heterocycles. The lowest BCUT2D eigenvalue weighted by Gasteiger charge is -2.38. The minimum Gasteiger partial charge on any atom is -0.487 e. The Hall–Kier alpha value is -1.81. The van der Waals surface area contributed by atoms with Gasteiger partial charge in [0.05, 0.1) is 24.8 Å². The predicted octanol–water partition coefficient (Wildman–Crippen LogP) is 3.50. The number of benzene rings is 1. The van der Waals surface area contributed by atoms with E-state index in [1.54, 1.807) is 0 Å². The molecule has 166 valence electrons. The molecule has 8 heteroatoms. The second-order valence-corrected chi connectivity index (χ2v) is 8.45. The lowest BCUT2D eigenvalue weighted by atomic mass is 9.90. The van der Waals surface area contributed by atoms with Crippen LogP contribution in [0.3, 0.4) is 0 Å². The van der Waals surface area contributed by atoms with Gasteiger partial charge in [0.1, 0.15) is 11.4 Å². The molecule has 0 saturated heterocycles. The number of aliphatic imine (C=N–C) groups is 1. The standard InChI is InChI=1S/C22H34N6O.HI/c1-7-23-21(24-14-19(27(4)5)16-13-25-28(6)15-16)26-18-12-22(2,3)29-20-11-9-8-10-17(18)20;/h8-11,13,15,18-19H,7,12,14H2,1-6H3,(H2,23,24,26);1H. The largest absolute Gasteiger partial charge is 0.487 e. The summed E-state index contributed by atoms with van der Waals surface area (Å²) in [5.41, 5.74) is 2.11. The molecular formula is C22H35IN6O. The van der Waals surface area contributed by atoms with Crippen LogP contribution in [0.5, 0.6) is 5.75 Å². The van der Waals surface area contributed by atoms with Gasteiger partial charge in [-0.05, 0) is 40.9 Å². The third-order valence-electron chi connectivity index (χ3n) is 5.19. The number of aromatic nitrogens is 2. The van der Waals surface area contributed by atoms with E-state index in [0.717, 1.165) is 30.2 Å². The van der Waals surface area contributed by atoms with Crippen molar-refractivity contribution in [3.63, 3.8) is 0 Å². The fourth-order valence-electron chi connectivity index (χ4n) is 3.77. The lowest BCUT2D eigenvalue weighted by molar-refractivity contribution is 0.0694. The van der Waals surface area contributed by atoms with Gasteiger partial charge >= 0.3 is 0 Å².